The Labute approximate surface area is 298 Å². The topological polar surface area (TPSA) is 128 Å². The van der Waals surface area contributed by atoms with Crippen LogP contribution in [0.5, 0.6) is 0 Å². The lowest BCUT2D eigenvalue weighted by molar-refractivity contribution is -0.139. The first-order chi connectivity index (χ1) is 23.9. The number of amides is 1. The van der Waals surface area contributed by atoms with Gasteiger partial charge in [0.05, 0.1) is 23.7 Å². The van der Waals surface area contributed by atoms with E-state index in [9.17, 15) is 23.6 Å². The zero-order valence-electron chi connectivity index (χ0n) is 28.6. The van der Waals surface area contributed by atoms with Gasteiger partial charge in [0.15, 0.2) is 17.4 Å². The molecule has 7 rings (SSSR count). The van der Waals surface area contributed by atoms with Gasteiger partial charge in [0, 0.05) is 49.2 Å². The van der Waals surface area contributed by atoms with E-state index in [1.165, 1.54) is 13.0 Å². The van der Waals surface area contributed by atoms with Gasteiger partial charge in [-0.05, 0) is 109 Å². The van der Waals surface area contributed by atoms with E-state index in [4.69, 9.17) is 5.10 Å². The SMILES string of the molecule is CC(=O)c1nn2c3c(cc(-c4cnc(C)nc4)cc13)CCCCCCC(=O)CC[C@@]13C[C@@H](C(=O)Cc4nc(Br)c(F)cc4C)N(C(=O)C2)[C@@H]1C3. The molecular formula is C38H40BrFN6O4. The number of aryl methyl sites for hydroxylation is 3. The van der Waals surface area contributed by atoms with Gasteiger partial charge in [-0.1, -0.05) is 12.8 Å². The van der Waals surface area contributed by atoms with E-state index in [1.54, 1.807) is 28.9 Å². The summed E-state index contributed by atoms with van der Waals surface area (Å²) in [5.74, 6) is -0.251. The Kier molecular flexibility index (Phi) is 9.25. The molecule has 0 N–H and O–H groups in total. The molecule has 0 unspecified atom stereocenters. The van der Waals surface area contributed by atoms with E-state index in [-0.39, 0.29) is 58.0 Å². The van der Waals surface area contributed by atoms with E-state index in [0.29, 0.717) is 54.6 Å². The van der Waals surface area contributed by atoms with Crippen molar-refractivity contribution >= 4 is 50.1 Å². The molecule has 12 heteroatoms. The molecular weight excluding hydrogens is 703 g/mol. The average Bonchev–Trinajstić information content (AvgIpc) is 3.49. The Morgan fingerprint density at radius 1 is 0.980 bits per heavy atom. The molecule has 1 amide bonds. The summed E-state index contributed by atoms with van der Waals surface area (Å²) in [6, 6.07) is 4.48. The van der Waals surface area contributed by atoms with Crippen LogP contribution in [0.3, 0.4) is 0 Å². The molecule has 2 aliphatic heterocycles. The van der Waals surface area contributed by atoms with Crippen molar-refractivity contribution in [1.82, 2.24) is 29.6 Å². The fourth-order valence-electron chi connectivity index (χ4n) is 8.07. The third-order valence-electron chi connectivity index (χ3n) is 10.9. The summed E-state index contributed by atoms with van der Waals surface area (Å²) in [5.41, 5.74) is 4.39. The number of aromatic nitrogens is 5. The molecule has 1 saturated carbocycles. The minimum atomic E-state index is -0.707. The van der Waals surface area contributed by atoms with Crippen molar-refractivity contribution in [1.29, 1.82) is 0 Å². The number of hydrogen-bond donors (Lipinski definition) is 0. The van der Waals surface area contributed by atoms with E-state index in [2.05, 4.69) is 36.9 Å². The number of benzene rings is 1. The summed E-state index contributed by atoms with van der Waals surface area (Å²) in [7, 11) is 0. The van der Waals surface area contributed by atoms with Crippen LogP contribution in [-0.4, -0.2) is 65.0 Å². The highest BCUT2D eigenvalue weighted by Gasteiger charge is 2.66. The first-order valence-corrected chi connectivity index (χ1v) is 18.2. The van der Waals surface area contributed by atoms with E-state index in [0.717, 1.165) is 54.3 Å². The van der Waals surface area contributed by atoms with Crippen LogP contribution >= 0.6 is 15.9 Å². The largest absolute Gasteiger partial charge is 0.327 e. The molecule has 50 heavy (non-hydrogen) atoms. The van der Waals surface area contributed by atoms with Gasteiger partial charge in [0.1, 0.15) is 28.4 Å². The first kappa shape index (κ1) is 34.3. The summed E-state index contributed by atoms with van der Waals surface area (Å²) in [4.78, 5) is 69.2. The molecule has 2 bridgehead atoms. The molecule has 5 heterocycles. The summed E-state index contributed by atoms with van der Waals surface area (Å²) in [6.45, 7) is 4.88. The number of halogens is 2. The zero-order chi connectivity index (χ0) is 35.3. The van der Waals surface area contributed by atoms with Gasteiger partial charge in [0.2, 0.25) is 5.91 Å². The minimum Gasteiger partial charge on any atom is -0.327 e. The summed E-state index contributed by atoms with van der Waals surface area (Å²) in [5, 5.41) is 5.41. The number of carbonyl (C=O) groups is 4. The predicted molar refractivity (Wildman–Crippen MR) is 188 cm³/mol. The highest BCUT2D eigenvalue weighted by molar-refractivity contribution is 9.10. The lowest BCUT2D eigenvalue weighted by atomic mass is 9.90. The summed E-state index contributed by atoms with van der Waals surface area (Å²) in [6.07, 6.45) is 10.6. The van der Waals surface area contributed by atoms with Crippen molar-refractivity contribution in [3.63, 3.8) is 0 Å². The maximum absolute atomic E-state index is 14.5. The van der Waals surface area contributed by atoms with Gasteiger partial charge in [-0.15, -0.1) is 0 Å². The first-order valence-electron chi connectivity index (χ1n) is 17.4. The standard InChI is InChI=1S/C38H40BrFN6O4/c1-21-12-29(40)37(39)43-30(21)15-32(49)31-16-38-11-10-27(48)9-7-5-4-6-8-24-13-25(26-18-41-23(3)42-19-26)14-28-35(22(2)47)44-45(36(24)28)20-34(50)46(31)33(38)17-38/h12-14,18-19,31,33H,4-11,15-17,20H2,1-3H3/t31-,33+,38-/m0/s1. The fraction of sp³-hybridized carbons (Fsp3) is 0.474. The molecule has 2 fully saturated rings. The maximum atomic E-state index is 14.5. The molecule has 1 aromatic carbocycles. The number of hydrogen-bond acceptors (Lipinski definition) is 8. The summed E-state index contributed by atoms with van der Waals surface area (Å²) < 4.78 is 15.8. The van der Waals surface area contributed by atoms with E-state index >= 15 is 0 Å². The van der Waals surface area contributed by atoms with E-state index in [1.807, 2.05) is 13.0 Å². The third kappa shape index (κ3) is 6.54. The Hall–Kier alpha value is -4.19. The van der Waals surface area contributed by atoms with Crippen LogP contribution < -0.4 is 0 Å². The smallest absolute Gasteiger partial charge is 0.245 e. The molecule has 3 aliphatic rings. The molecule has 260 valence electrons. The van der Waals surface area contributed by atoms with E-state index < -0.39 is 11.9 Å². The molecule has 10 nitrogen and oxygen atoms in total. The highest BCUT2D eigenvalue weighted by Crippen LogP contribution is 2.62. The van der Waals surface area contributed by atoms with Crippen molar-refractivity contribution < 1.29 is 23.6 Å². The molecule has 3 aromatic heterocycles. The molecule has 1 saturated heterocycles. The second-order valence-electron chi connectivity index (χ2n) is 14.3. The van der Waals surface area contributed by atoms with Crippen molar-refractivity contribution in [2.75, 3.05) is 0 Å². The van der Waals surface area contributed by atoms with Crippen molar-refractivity contribution in [3.05, 3.63) is 69.4 Å². The monoisotopic (exact) mass is 742 g/mol. The predicted octanol–water partition coefficient (Wildman–Crippen LogP) is 6.64. The Balaban J connectivity index is 1.28. The maximum Gasteiger partial charge on any atom is 0.245 e. The average molecular weight is 744 g/mol. The van der Waals surface area contributed by atoms with Crippen LogP contribution in [0.2, 0.25) is 0 Å². The van der Waals surface area contributed by atoms with Crippen LogP contribution in [-0.2, 0) is 33.8 Å². The lowest BCUT2D eigenvalue weighted by Gasteiger charge is -2.27. The number of Topliss-reactive ketones (excluding diaryl/α,β-unsaturated/α-hetero) is 3. The quantitative estimate of drug-likeness (QED) is 0.165. The summed E-state index contributed by atoms with van der Waals surface area (Å²) >= 11 is 3.14. The van der Waals surface area contributed by atoms with Crippen molar-refractivity contribution in [2.45, 2.75) is 110 Å². The normalized spacial score (nSPS) is 22.8. The van der Waals surface area contributed by atoms with Gasteiger partial charge < -0.3 is 4.90 Å². The number of rotatable bonds is 5. The second kappa shape index (κ2) is 13.5. The van der Waals surface area contributed by atoms with Crippen molar-refractivity contribution in [3.8, 4) is 11.1 Å². The third-order valence-corrected chi connectivity index (χ3v) is 11.4. The van der Waals surface area contributed by atoms with Crippen LogP contribution in [0.4, 0.5) is 4.39 Å². The lowest BCUT2D eigenvalue weighted by Crippen LogP contribution is -2.45. The zero-order valence-corrected chi connectivity index (χ0v) is 30.2. The fourth-order valence-corrected chi connectivity index (χ4v) is 8.40. The van der Waals surface area contributed by atoms with Crippen LogP contribution in [0.1, 0.15) is 97.8 Å². The molecule has 3 atom stereocenters. The number of piperidine rings is 1. The van der Waals surface area contributed by atoms with Gasteiger partial charge in [-0.3, -0.25) is 23.9 Å². The Morgan fingerprint density at radius 3 is 2.46 bits per heavy atom. The Morgan fingerprint density at radius 2 is 1.72 bits per heavy atom. The molecule has 0 spiro atoms. The Bertz CT molecular complexity index is 2050. The van der Waals surface area contributed by atoms with Gasteiger partial charge in [-0.2, -0.15) is 5.10 Å². The molecule has 4 aromatic rings. The second-order valence-corrected chi connectivity index (χ2v) is 15.1. The number of carbonyl (C=O) groups excluding carboxylic acids is 4. The number of nitrogens with zero attached hydrogens (tertiary/aromatic N) is 6. The van der Waals surface area contributed by atoms with Gasteiger partial charge >= 0.3 is 0 Å². The number of ketones is 3. The van der Waals surface area contributed by atoms with Crippen LogP contribution in [0.25, 0.3) is 22.0 Å². The molecule has 1 aliphatic carbocycles. The van der Waals surface area contributed by atoms with Crippen LogP contribution in [0, 0.1) is 25.1 Å². The van der Waals surface area contributed by atoms with Crippen LogP contribution in [0.15, 0.2) is 35.2 Å². The minimum absolute atomic E-state index is 0.0388. The molecule has 0 radical (unpaired) electrons. The van der Waals surface area contributed by atoms with Gasteiger partial charge in [0.25, 0.3) is 0 Å². The van der Waals surface area contributed by atoms with Crippen molar-refractivity contribution in [2.24, 2.45) is 5.41 Å². The number of pyridine rings is 1. The van der Waals surface area contributed by atoms with Gasteiger partial charge in [-0.25, -0.2) is 19.3 Å². The highest BCUT2D eigenvalue weighted by atomic mass is 79.9.